The van der Waals surface area contributed by atoms with Gasteiger partial charge in [0.2, 0.25) is 0 Å². The second-order valence-corrected chi connectivity index (χ2v) is 5.41. The number of nitrogens with zero attached hydrogens (tertiary/aromatic N) is 1. The number of carboxylic acid groups (broad SMARTS) is 1. The number of ether oxygens (including phenoxy) is 1. The topological polar surface area (TPSA) is 66.8 Å². The van der Waals surface area contributed by atoms with Gasteiger partial charge < -0.3 is 14.7 Å². The Morgan fingerprint density at radius 1 is 1.47 bits per heavy atom. The van der Waals surface area contributed by atoms with Crippen LogP contribution in [-0.4, -0.2) is 42.6 Å². The number of carbonyl (C=O) groups excluding carboxylic acids is 1. The van der Waals surface area contributed by atoms with Crippen LogP contribution in [0, 0.1) is 3.57 Å². The molecule has 0 atom stereocenters. The molecular weight excluding hydrogens is 384 g/mol. The van der Waals surface area contributed by atoms with Crippen LogP contribution in [0.1, 0.15) is 16.8 Å². The molecule has 0 bridgehead atoms. The second kappa shape index (κ2) is 6.95. The van der Waals surface area contributed by atoms with E-state index in [2.05, 4.69) is 0 Å². The van der Waals surface area contributed by atoms with E-state index in [9.17, 15) is 9.59 Å². The highest BCUT2D eigenvalue weighted by Gasteiger charge is 2.19. The number of carbonyl (C=O) groups is 2. The van der Waals surface area contributed by atoms with Gasteiger partial charge in [-0.3, -0.25) is 9.59 Å². The number of amides is 1. The number of halogens is 2. The number of carboxylic acids is 1. The second-order valence-electron chi connectivity index (χ2n) is 3.84. The maximum atomic E-state index is 12.2. The Labute approximate surface area is 129 Å². The van der Waals surface area contributed by atoms with Crippen LogP contribution in [-0.2, 0) is 4.79 Å². The van der Waals surface area contributed by atoms with Gasteiger partial charge in [-0.2, -0.15) is 0 Å². The van der Waals surface area contributed by atoms with E-state index in [1.165, 1.54) is 25.1 Å². The van der Waals surface area contributed by atoms with Gasteiger partial charge in [-0.1, -0.05) is 11.6 Å². The molecule has 1 aromatic carbocycles. The highest BCUT2D eigenvalue weighted by atomic mass is 127. The van der Waals surface area contributed by atoms with E-state index in [1.807, 2.05) is 22.6 Å². The molecule has 0 heterocycles. The summed E-state index contributed by atoms with van der Waals surface area (Å²) in [5.74, 6) is -0.857. The minimum Gasteiger partial charge on any atom is -0.496 e. The number of hydrogen-bond acceptors (Lipinski definition) is 3. The quantitative estimate of drug-likeness (QED) is 0.775. The van der Waals surface area contributed by atoms with Crippen molar-refractivity contribution in [2.75, 3.05) is 20.7 Å². The van der Waals surface area contributed by atoms with Crippen molar-refractivity contribution in [1.82, 2.24) is 4.90 Å². The normalized spacial score (nSPS) is 10.1. The molecule has 1 N–H and O–H groups in total. The first-order valence-corrected chi connectivity index (χ1v) is 6.82. The predicted octanol–water partition coefficient (Wildman–Crippen LogP) is 2.50. The van der Waals surface area contributed by atoms with Gasteiger partial charge in [-0.05, 0) is 34.7 Å². The average Bonchev–Trinajstić information content (AvgIpc) is 2.37. The molecule has 5 nitrogen and oxygen atoms in total. The monoisotopic (exact) mass is 397 g/mol. The minimum absolute atomic E-state index is 0.108. The van der Waals surface area contributed by atoms with E-state index < -0.39 is 5.97 Å². The Morgan fingerprint density at radius 2 is 2.11 bits per heavy atom. The molecule has 0 aliphatic heterocycles. The van der Waals surface area contributed by atoms with Crippen LogP contribution >= 0.6 is 34.2 Å². The van der Waals surface area contributed by atoms with E-state index in [-0.39, 0.29) is 18.9 Å². The molecule has 104 valence electrons. The lowest BCUT2D eigenvalue weighted by atomic mass is 10.1. The lowest BCUT2D eigenvalue weighted by Gasteiger charge is -2.18. The zero-order valence-corrected chi connectivity index (χ0v) is 13.4. The van der Waals surface area contributed by atoms with E-state index in [0.717, 1.165) is 3.57 Å². The predicted molar refractivity (Wildman–Crippen MR) is 79.9 cm³/mol. The largest absolute Gasteiger partial charge is 0.496 e. The first-order chi connectivity index (χ1) is 8.86. The molecule has 1 amide bonds. The fourth-order valence-corrected chi connectivity index (χ4v) is 2.04. The SMILES string of the molecule is COc1cc(I)c(Cl)cc1C(=O)N(C)CCC(=O)O. The highest BCUT2D eigenvalue weighted by molar-refractivity contribution is 14.1. The molecule has 1 rings (SSSR count). The number of hydrogen-bond donors (Lipinski definition) is 1. The lowest BCUT2D eigenvalue weighted by Crippen LogP contribution is -2.29. The van der Waals surface area contributed by atoms with Crippen molar-refractivity contribution in [1.29, 1.82) is 0 Å². The number of benzene rings is 1. The van der Waals surface area contributed by atoms with Crippen molar-refractivity contribution in [3.8, 4) is 5.75 Å². The zero-order chi connectivity index (χ0) is 14.6. The summed E-state index contributed by atoms with van der Waals surface area (Å²) in [5.41, 5.74) is 0.320. The highest BCUT2D eigenvalue weighted by Crippen LogP contribution is 2.28. The first-order valence-electron chi connectivity index (χ1n) is 5.37. The smallest absolute Gasteiger partial charge is 0.305 e. The molecule has 0 radical (unpaired) electrons. The molecule has 0 unspecified atom stereocenters. The van der Waals surface area contributed by atoms with Gasteiger partial charge in [0.25, 0.3) is 5.91 Å². The van der Waals surface area contributed by atoms with Crippen molar-refractivity contribution in [2.24, 2.45) is 0 Å². The first kappa shape index (κ1) is 16.0. The van der Waals surface area contributed by atoms with E-state index in [4.69, 9.17) is 21.4 Å². The third kappa shape index (κ3) is 4.24. The summed E-state index contributed by atoms with van der Waals surface area (Å²) in [6, 6.07) is 3.20. The van der Waals surface area contributed by atoms with E-state index >= 15 is 0 Å². The summed E-state index contributed by atoms with van der Waals surface area (Å²) < 4.78 is 5.93. The number of rotatable bonds is 5. The van der Waals surface area contributed by atoms with Crippen molar-refractivity contribution in [3.63, 3.8) is 0 Å². The summed E-state index contributed by atoms with van der Waals surface area (Å²) in [5, 5.41) is 9.07. The van der Waals surface area contributed by atoms with Gasteiger partial charge in [0.1, 0.15) is 5.75 Å². The molecule has 0 spiro atoms. The van der Waals surface area contributed by atoms with E-state index in [1.54, 1.807) is 6.07 Å². The molecule has 0 fully saturated rings. The fourth-order valence-electron chi connectivity index (χ4n) is 1.44. The summed E-state index contributed by atoms with van der Waals surface area (Å²) in [6.07, 6.45) is -0.108. The Morgan fingerprint density at radius 3 is 2.63 bits per heavy atom. The lowest BCUT2D eigenvalue weighted by molar-refractivity contribution is -0.137. The van der Waals surface area contributed by atoms with Crippen molar-refractivity contribution in [3.05, 3.63) is 26.3 Å². The maximum Gasteiger partial charge on any atom is 0.305 e. The fraction of sp³-hybridized carbons (Fsp3) is 0.333. The van der Waals surface area contributed by atoms with Gasteiger partial charge in [-0.15, -0.1) is 0 Å². The third-order valence-corrected chi connectivity index (χ3v) is 4.00. The average molecular weight is 398 g/mol. The van der Waals surface area contributed by atoms with Crippen LogP contribution in [0.4, 0.5) is 0 Å². The zero-order valence-electron chi connectivity index (χ0n) is 10.4. The summed E-state index contributed by atoms with van der Waals surface area (Å²) in [4.78, 5) is 24.0. The van der Waals surface area contributed by atoms with Crippen LogP contribution in [0.15, 0.2) is 12.1 Å². The standard InChI is InChI=1S/C12H13ClINO4/c1-15(4-3-11(16)17)12(18)7-5-8(13)9(14)6-10(7)19-2/h5-6H,3-4H2,1-2H3,(H,16,17). The molecule has 7 heteroatoms. The molecule has 1 aromatic rings. The molecule has 19 heavy (non-hydrogen) atoms. The van der Waals surface area contributed by atoms with Crippen LogP contribution in [0.25, 0.3) is 0 Å². The third-order valence-electron chi connectivity index (χ3n) is 2.48. The van der Waals surface area contributed by atoms with Crippen molar-refractivity contribution < 1.29 is 19.4 Å². The molecule has 0 saturated heterocycles. The molecule has 0 aromatic heterocycles. The Hall–Kier alpha value is -1.02. The van der Waals surface area contributed by atoms with Crippen molar-refractivity contribution in [2.45, 2.75) is 6.42 Å². The Kier molecular flexibility index (Phi) is 5.86. The van der Waals surface area contributed by atoms with Crippen LogP contribution in [0.5, 0.6) is 5.75 Å². The van der Waals surface area contributed by atoms with Gasteiger partial charge in [0.15, 0.2) is 0 Å². The molecular formula is C12H13ClINO4. The maximum absolute atomic E-state index is 12.2. The minimum atomic E-state index is -0.952. The van der Waals surface area contributed by atoms with Crippen molar-refractivity contribution >= 4 is 46.1 Å². The van der Waals surface area contributed by atoms with Crippen LogP contribution in [0.2, 0.25) is 5.02 Å². The molecule has 0 saturated carbocycles. The van der Waals surface area contributed by atoms with Gasteiger partial charge in [0.05, 0.1) is 24.1 Å². The van der Waals surface area contributed by atoms with Crippen LogP contribution < -0.4 is 4.74 Å². The summed E-state index contributed by atoms with van der Waals surface area (Å²) in [7, 11) is 3.00. The van der Waals surface area contributed by atoms with Crippen LogP contribution in [0.3, 0.4) is 0 Å². The number of methoxy groups -OCH3 is 1. The Bertz CT molecular complexity index is 507. The van der Waals surface area contributed by atoms with Gasteiger partial charge in [0, 0.05) is 17.2 Å². The molecule has 0 aliphatic rings. The molecule has 0 aliphatic carbocycles. The van der Waals surface area contributed by atoms with Gasteiger partial charge >= 0.3 is 5.97 Å². The summed E-state index contributed by atoms with van der Waals surface area (Å²) in [6.45, 7) is 0.126. The summed E-state index contributed by atoms with van der Waals surface area (Å²) >= 11 is 8.03. The van der Waals surface area contributed by atoms with Gasteiger partial charge in [-0.25, -0.2) is 0 Å². The number of aliphatic carboxylic acids is 1. The Balaban J connectivity index is 2.98. The van der Waals surface area contributed by atoms with E-state index in [0.29, 0.717) is 16.3 Å².